The molecule has 2 aromatic heterocycles. The van der Waals surface area contributed by atoms with Crippen LogP contribution in [0.2, 0.25) is 5.15 Å². The maximum atomic E-state index is 10.8. The van der Waals surface area contributed by atoms with Crippen molar-refractivity contribution in [2.24, 2.45) is 0 Å². The molecule has 120 valence electrons. The lowest BCUT2D eigenvalue weighted by Crippen LogP contribution is -2.37. The zero-order valence-electron chi connectivity index (χ0n) is 12.7. The first-order valence-corrected chi connectivity index (χ1v) is 7.39. The summed E-state index contributed by atoms with van der Waals surface area (Å²) in [6.07, 6.45) is 2.36. The van der Waals surface area contributed by atoms with Crippen LogP contribution in [0.5, 0.6) is 0 Å². The Labute approximate surface area is 133 Å². The Balaban J connectivity index is 0.000000396. The van der Waals surface area contributed by atoms with Crippen LogP contribution in [0.3, 0.4) is 0 Å². The average molecular weight is 327 g/mol. The molecule has 0 N–H and O–H groups in total. The largest absolute Gasteiger partial charge is 0.385 e. The molecule has 22 heavy (non-hydrogen) atoms. The van der Waals surface area contributed by atoms with Crippen LogP contribution in [0.1, 0.15) is 17.4 Å². The molecule has 2 aromatic rings. The maximum absolute atomic E-state index is 10.8. The minimum atomic E-state index is 0.347. The van der Waals surface area contributed by atoms with Gasteiger partial charge in [-0.1, -0.05) is 11.6 Å². The number of hydrogen-bond acceptors (Lipinski definition) is 6. The van der Waals surface area contributed by atoms with E-state index in [0.29, 0.717) is 36.1 Å². The summed E-state index contributed by atoms with van der Waals surface area (Å²) in [4.78, 5) is 21.1. The van der Waals surface area contributed by atoms with Gasteiger partial charge in [-0.3, -0.25) is 9.20 Å². The van der Waals surface area contributed by atoms with Crippen LogP contribution >= 0.6 is 11.6 Å². The second kappa shape index (κ2) is 8.07. The number of halogens is 1. The fourth-order valence-electron chi connectivity index (χ4n) is 2.03. The number of fused-ring (bicyclic) bond motifs is 1. The predicted molar refractivity (Wildman–Crippen MR) is 84.0 cm³/mol. The van der Waals surface area contributed by atoms with Gasteiger partial charge in [0, 0.05) is 39.1 Å². The number of carbonyl (C=O) groups excluding carboxylic acids is 1. The highest BCUT2D eigenvalue weighted by atomic mass is 35.5. The molecule has 3 rings (SSSR count). The van der Waals surface area contributed by atoms with Crippen molar-refractivity contribution in [2.45, 2.75) is 6.92 Å². The number of nitrogens with zero attached hydrogens (tertiary/aromatic N) is 4. The molecule has 7 nitrogen and oxygen atoms in total. The van der Waals surface area contributed by atoms with Crippen molar-refractivity contribution in [3.05, 3.63) is 23.1 Å². The molecule has 0 spiro atoms. The standard InChI is InChI=1S/C11H11ClN4O2.C3H8O/c12-9-5-10(15-1-3-18-4-2-15)16-6-8(7-17)13-11(16)14-9;1-3-4-2/h5-7H,1-4H2;3H2,1-2H3. The molecule has 0 aliphatic carbocycles. The number of aromatic nitrogens is 3. The van der Waals surface area contributed by atoms with Crippen molar-refractivity contribution < 1.29 is 14.3 Å². The zero-order valence-corrected chi connectivity index (χ0v) is 13.4. The SMILES string of the molecule is CCOC.O=Cc1cn2c(N3CCOCC3)cc(Cl)nc2n1. The summed E-state index contributed by atoms with van der Waals surface area (Å²) in [6.45, 7) is 5.70. The molecular formula is C14H19ClN4O3. The summed E-state index contributed by atoms with van der Waals surface area (Å²) in [5.41, 5.74) is 0.347. The van der Waals surface area contributed by atoms with Gasteiger partial charge in [-0.05, 0) is 6.92 Å². The van der Waals surface area contributed by atoms with Gasteiger partial charge in [-0.15, -0.1) is 0 Å². The van der Waals surface area contributed by atoms with Crippen LogP contribution in [-0.2, 0) is 9.47 Å². The first-order chi connectivity index (χ1) is 10.7. The second-order valence-corrected chi connectivity index (χ2v) is 4.95. The zero-order chi connectivity index (χ0) is 15.9. The van der Waals surface area contributed by atoms with E-state index in [1.54, 1.807) is 23.8 Å². The fourth-order valence-corrected chi connectivity index (χ4v) is 2.21. The second-order valence-electron chi connectivity index (χ2n) is 4.57. The Hall–Kier alpha value is -1.70. The van der Waals surface area contributed by atoms with Gasteiger partial charge >= 0.3 is 0 Å². The van der Waals surface area contributed by atoms with Crippen LogP contribution in [0.4, 0.5) is 5.82 Å². The number of aldehydes is 1. The third-order valence-corrected chi connectivity index (χ3v) is 3.35. The van der Waals surface area contributed by atoms with Crippen molar-refractivity contribution in [2.75, 3.05) is 44.9 Å². The van der Waals surface area contributed by atoms with E-state index in [0.717, 1.165) is 25.5 Å². The van der Waals surface area contributed by atoms with Gasteiger partial charge in [0.05, 0.1) is 13.2 Å². The lowest BCUT2D eigenvalue weighted by atomic mass is 10.4. The van der Waals surface area contributed by atoms with Crippen LogP contribution in [-0.4, -0.2) is 60.7 Å². The molecule has 0 aromatic carbocycles. The van der Waals surface area contributed by atoms with E-state index in [1.807, 2.05) is 6.92 Å². The molecule has 0 unspecified atom stereocenters. The molecule has 0 amide bonds. The van der Waals surface area contributed by atoms with Gasteiger partial charge < -0.3 is 14.4 Å². The highest BCUT2D eigenvalue weighted by Crippen LogP contribution is 2.21. The number of anilines is 1. The Morgan fingerprint density at radius 2 is 2.09 bits per heavy atom. The Bertz CT molecular complexity index is 624. The predicted octanol–water partition coefficient (Wildman–Crippen LogP) is 1.68. The molecule has 0 saturated carbocycles. The molecule has 1 aliphatic heterocycles. The van der Waals surface area contributed by atoms with E-state index in [4.69, 9.17) is 16.3 Å². The number of imidazole rings is 1. The molecule has 0 radical (unpaired) electrons. The minimum absolute atomic E-state index is 0.347. The van der Waals surface area contributed by atoms with Crippen molar-refractivity contribution in [1.29, 1.82) is 0 Å². The number of hydrogen-bond donors (Lipinski definition) is 0. The normalized spacial score (nSPS) is 14.6. The summed E-state index contributed by atoms with van der Waals surface area (Å²) in [6, 6.07) is 1.77. The van der Waals surface area contributed by atoms with Crippen LogP contribution in [0.15, 0.2) is 12.3 Å². The number of morpholine rings is 1. The third-order valence-electron chi connectivity index (χ3n) is 3.15. The van der Waals surface area contributed by atoms with Crippen LogP contribution in [0.25, 0.3) is 5.78 Å². The van der Waals surface area contributed by atoms with Gasteiger partial charge in [0.2, 0.25) is 5.78 Å². The van der Waals surface area contributed by atoms with Crippen molar-refractivity contribution >= 4 is 29.5 Å². The third kappa shape index (κ3) is 3.94. The van der Waals surface area contributed by atoms with Gasteiger partial charge in [-0.25, -0.2) is 9.97 Å². The lowest BCUT2D eigenvalue weighted by molar-refractivity contribution is 0.111. The fraction of sp³-hybridized carbons (Fsp3) is 0.500. The summed E-state index contributed by atoms with van der Waals surface area (Å²) in [7, 11) is 1.68. The average Bonchev–Trinajstić information content (AvgIpc) is 2.98. The van der Waals surface area contributed by atoms with Crippen LogP contribution < -0.4 is 4.90 Å². The van der Waals surface area contributed by atoms with Crippen molar-refractivity contribution in [3.63, 3.8) is 0 Å². The first-order valence-electron chi connectivity index (χ1n) is 7.02. The Morgan fingerprint density at radius 3 is 2.68 bits per heavy atom. The monoisotopic (exact) mass is 326 g/mol. The minimum Gasteiger partial charge on any atom is -0.385 e. The van der Waals surface area contributed by atoms with Crippen molar-refractivity contribution in [1.82, 2.24) is 14.4 Å². The summed E-state index contributed by atoms with van der Waals surface area (Å²) in [5, 5.41) is 0.368. The molecular weight excluding hydrogens is 308 g/mol. The van der Waals surface area contributed by atoms with Gasteiger partial charge in [0.15, 0.2) is 6.29 Å². The number of ether oxygens (including phenoxy) is 2. The summed E-state index contributed by atoms with van der Waals surface area (Å²) < 4.78 is 11.6. The molecule has 3 heterocycles. The molecule has 0 bridgehead atoms. The molecule has 0 atom stereocenters. The van der Waals surface area contributed by atoms with E-state index in [2.05, 4.69) is 19.6 Å². The quantitative estimate of drug-likeness (QED) is 0.631. The lowest BCUT2D eigenvalue weighted by Gasteiger charge is -2.29. The van der Waals surface area contributed by atoms with E-state index in [9.17, 15) is 4.79 Å². The highest BCUT2D eigenvalue weighted by Gasteiger charge is 2.16. The molecule has 8 heteroatoms. The van der Waals surface area contributed by atoms with Gasteiger partial charge in [0.25, 0.3) is 0 Å². The van der Waals surface area contributed by atoms with E-state index >= 15 is 0 Å². The summed E-state index contributed by atoms with van der Waals surface area (Å²) in [5.74, 6) is 1.32. The van der Waals surface area contributed by atoms with E-state index in [1.165, 1.54) is 0 Å². The number of rotatable bonds is 3. The molecule has 1 fully saturated rings. The first kappa shape index (κ1) is 16.7. The van der Waals surface area contributed by atoms with E-state index < -0.39 is 0 Å². The Morgan fingerprint density at radius 1 is 1.41 bits per heavy atom. The van der Waals surface area contributed by atoms with Crippen molar-refractivity contribution in [3.8, 4) is 0 Å². The molecule has 1 saturated heterocycles. The molecule has 1 aliphatic rings. The maximum Gasteiger partial charge on any atom is 0.237 e. The van der Waals surface area contributed by atoms with E-state index in [-0.39, 0.29) is 0 Å². The van der Waals surface area contributed by atoms with Crippen LogP contribution in [0, 0.1) is 0 Å². The van der Waals surface area contributed by atoms with Gasteiger partial charge in [0.1, 0.15) is 16.7 Å². The van der Waals surface area contributed by atoms with Gasteiger partial charge in [-0.2, -0.15) is 0 Å². The smallest absolute Gasteiger partial charge is 0.237 e. The number of methoxy groups -OCH3 is 1. The Kier molecular flexibility index (Phi) is 6.11. The number of carbonyl (C=O) groups is 1. The topological polar surface area (TPSA) is 69.0 Å². The summed E-state index contributed by atoms with van der Waals surface area (Å²) >= 11 is 5.98. The highest BCUT2D eigenvalue weighted by molar-refractivity contribution is 6.29.